The van der Waals surface area contributed by atoms with Gasteiger partial charge in [0, 0.05) is 37.8 Å². The summed E-state index contributed by atoms with van der Waals surface area (Å²) in [5.41, 5.74) is 2.32. The maximum atomic E-state index is 12.5. The number of anilines is 2. The van der Waals surface area contributed by atoms with E-state index in [1.807, 2.05) is 19.9 Å². The fraction of sp³-hybridized carbons (Fsp3) is 0.500. The predicted molar refractivity (Wildman–Crippen MR) is 93.7 cm³/mol. The number of nitrogens with one attached hydrogen (secondary N) is 2. The molecule has 0 aliphatic carbocycles. The second-order valence-electron chi connectivity index (χ2n) is 6.23. The van der Waals surface area contributed by atoms with E-state index in [9.17, 15) is 14.4 Å². The van der Waals surface area contributed by atoms with Gasteiger partial charge in [-0.05, 0) is 43.5 Å². The molecule has 1 aliphatic rings. The molecule has 1 heterocycles. The van der Waals surface area contributed by atoms with Gasteiger partial charge < -0.3 is 15.5 Å². The Bertz CT molecular complexity index is 642. The molecule has 0 spiro atoms. The summed E-state index contributed by atoms with van der Waals surface area (Å²) in [6.07, 6.45) is 2.12. The fourth-order valence-electron chi connectivity index (χ4n) is 2.96. The van der Waals surface area contributed by atoms with Crippen molar-refractivity contribution in [2.75, 3.05) is 23.7 Å². The van der Waals surface area contributed by atoms with E-state index < -0.39 is 0 Å². The van der Waals surface area contributed by atoms with Crippen LogP contribution in [0.1, 0.15) is 38.7 Å². The number of carbonyl (C=O) groups is 3. The molecule has 3 amide bonds. The number of nitrogens with zero attached hydrogens (tertiary/aromatic N) is 1. The second-order valence-corrected chi connectivity index (χ2v) is 6.23. The summed E-state index contributed by atoms with van der Waals surface area (Å²) in [6.45, 7) is 6.40. The molecule has 6 nitrogen and oxygen atoms in total. The maximum Gasteiger partial charge on any atom is 0.229 e. The normalized spacial score (nSPS) is 17.3. The standard InChI is InChI=1S/C18H25N3O3/c1-4-17(23)21-9-5-6-14(11-21)18(24)20-15-7-8-16(12(2)10-15)19-13(3)22/h7-8,10,14H,4-6,9,11H2,1-3H3,(H,19,22)(H,20,24)/t14-/m0/s1. The molecule has 130 valence electrons. The lowest BCUT2D eigenvalue weighted by molar-refractivity contribution is -0.134. The molecule has 0 saturated carbocycles. The minimum Gasteiger partial charge on any atom is -0.342 e. The first-order chi connectivity index (χ1) is 11.4. The third-order valence-electron chi connectivity index (χ3n) is 4.25. The van der Waals surface area contributed by atoms with Gasteiger partial charge in [-0.2, -0.15) is 0 Å². The van der Waals surface area contributed by atoms with Crippen molar-refractivity contribution in [1.29, 1.82) is 0 Å². The topological polar surface area (TPSA) is 78.5 Å². The highest BCUT2D eigenvalue weighted by Crippen LogP contribution is 2.22. The first-order valence-corrected chi connectivity index (χ1v) is 8.37. The van der Waals surface area contributed by atoms with Gasteiger partial charge in [0.05, 0.1) is 5.92 Å². The number of piperidine rings is 1. The Balaban J connectivity index is 2.00. The average Bonchev–Trinajstić information content (AvgIpc) is 2.56. The third-order valence-corrected chi connectivity index (χ3v) is 4.25. The van der Waals surface area contributed by atoms with Crippen molar-refractivity contribution in [2.45, 2.75) is 40.0 Å². The van der Waals surface area contributed by atoms with Crippen molar-refractivity contribution >= 4 is 29.1 Å². The number of hydrogen-bond acceptors (Lipinski definition) is 3. The monoisotopic (exact) mass is 331 g/mol. The molecule has 1 aliphatic heterocycles. The van der Waals surface area contributed by atoms with Crippen LogP contribution >= 0.6 is 0 Å². The number of aryl methyl sites for hydroxylation is 1. The van der Waals surface area contributed by atoms with Crippen LogP contribution < -0.4 is 10.6 Å². The highest BCUT2D eigenvalue weighted by molar-refractivity contribution is 5.94. The maximum absolute atomic E-state index is 12.5. The molecular formula is C18H25N3O3. The number of likely N-dealkylation sites (tertiary alicyclic amines) is 1. The molecule has 6 heteroatoms. The lowest BCUT2D eigenvalue weighted by Gasteiger charge is -2.32. The summed E-state index contributed by atoms with van der Waals surface area (Å²) < 4.78 is 0. The number of amides is 3. The van der Waals surface area contributed by atoms with Crippen LogP contribution in [-0.4, -0.2) is 35.7 Å². The van der Waals surface area contributed by atoms with Crippen molar-refractivity contribution in [3.8, 4) is 0 Å². The van der Waals surface area contributed by atoms with Crippen molar-refractivity contribution in [3.63, 3.8) is 0 Å². The van der Waals surface area contributed by atoms with Crippen LogP contribution in [0, 0.1) is 12.8 Å². The van der Waals surface area contributed by atoms with Gasteiger partial charge >= 0.3 is 0 Å². The van der Waals surface area contributed by atoms with Gasteiger partial charge in [-0.25, -0.2) is 0 Å². The zero-order valence-electron chi connectivity index (χ0n) is 14.5. The third kappa shape index (κ3) is 4.57. The number of rotatable bonds is 4. The number of benzene rings is 1. The summed E-state index contributed by atoms with van der Waals surface area (Å²) in [6, 6.07) is 5.38. The highest BCUT2D eigenvalue weighted by Gasteiger charge is 2.27. The van der Waals surface area contributed by atoms with E-state index in [0.717, 1.165) is 30.6 Å². The minimum absolute atomic E-state index is 0.0599. The van der Waals surface area contributed by atoms with Crippen LogP contribution in [0.3, 0.4) is 0 Å². The summed E-state index contributed by atoms with van der Waals surface area (Å²) in [4.78, 5) is 37.2. The van der Waals surface area contributed by atoms with E-state index in [0.29, 0.717) is 18.7 Å². The van der Waals surface area contributed by atoms with Crippen LogP contribution in [0.15, 0.2) is 18.2 Å². The predicted octanol–water partition coefficient (Wildman–Crippen LogP) is 2.54. The zero-order chi connectivity index (χ0) is 17.7. The molecule has 0 bridgehead atoms. The van der Waals surface area contributed by atoms with Crippen LogP contribution in [-0.2, 0) is 14.4 Å². The molecule has 2 N–H and O–H groups in total. The van der Waals surface area contributed by atoms with Gasteiger partial charge in [0.15, 0.2) is 0 Å². The van der Waals surface area contributed by atoms with Crippen molar-refractivity contribution in [1.82, 2.24) is 4.90 Å². The zero-order valence-corrected chi connectivity index (χ0v) is 14.5. The Hall–Kier alpha value is -2.37. The van der Waals surface area contributed by atoms with Crippen molar-refractivity contribution in [3.05, 3.63) is 23.8 Å². The van der Waals surface area contributed by atoms with Gasteiger partial charge in [0.1, 0.15) is 0 Å². The SMILES string of the molecule is CCC(=O)N1CCC[C@H](C(=O)Nc2ccc(NC(C)=O)c(C)c2)C1. The van der Waals surface area contributed by atoms with Gasteiger partial charge in [0.2, 0.25) is 17.7 Å². The largest absolute Gasteiger partial charge is 0.342 e. The molecule has 1 saturated heterocycles. The van der Waals surface area contributed by atoms with Crippen LogP contribution in [0.2, 0.25) is 0 Å². The summed E-state index contributed by atoms with van der Waals surface area (Å²) in [7, 11) is 0. The van der Waals surface area contributed by atoms with Gasteiger partial charge in [-0.1, -0.05) is 6.92 Å². The fourth-order valence-corrected chi connectivity index (χ4v) is 2.96. The van der Waals surface area contributed by atoms with E-state index in [-0.39, 0.29) is 23.6 Å². The molecular weight excluding hydrogens is 306 g/mol. The van der Waals surface area contributed by atoms with E-state index in [1.165, 1.54) is 6.92 Å². The lowest BCUT2D eigenvalue weighted by atomic mass is 9.96. The summed E-state index contributed by atoms with van der Waals surface area (Å²) >= 11 is 0. The highest BCUT2D eigenvalue weighted by atomic mass is 16.2. The van der Waals surface area contributed by atoms with E-state index >= 15 is 0 Å². The minimum atomic E-state index is -0.176. The molecule has 1 aromatic rings. The molecule has 24 heavy (non-hydrogen) atoms. The summed E-state index contributed by atoms with van der Waals surface area (Å²) in [5, 5.41) is 5.67. The smallest absolute Gasteiger partial charge is 0.229 e. The molecule has 0 aromatic heterocycles. The number of carbonyl (C=O) groups excluding carboxylic acids is 3. The van der Waals surface area contributed by atoms with Gasteiger partial charge in [0.25, 0.3) is 0 Å². The molecule has 0 radical (unpaired) electrons. The van der Waals surface area contributed by atoms with Crippen molar-refractivity contribution in [2.24, 2.45) is 5.92 Å². The Kier molecular flexibility index (Phi) is 5.95. The van der Waals surface area contributed by atoms with Crippen LogP contribution in [0.25, 0.3) is 0 Å². The Morgan fingerprint density at radius 3 is 2.62 bits per heavy atom. The molecule has 1 aromatic carbocycles. The number of hydrogen-bond donors (Lipinski definition) is 2. The van der Waals surface area contributed by atoms with Crippen LogP contribution in [0.4, 0.5) is 11.4 Å². The Morgan fingerprint density at radius 2 is 2.00 bits per heavy atom. The van der Waals surface area contributed by atoms with Gasteiger partial charge in [-0.3, -0.25) is 14.4 Å². The van der Waals surface area contributed by atoms with Gasteiger partial charge in [-0.15, -0.1) is 0 Å². The Morgan fingerprint density at radius 1 is 1.25 bits per heavy atom. The molecule has 2 rings (SSSR count). The van der Waals surface area contributed by atoms with E-state index in [1.54, 1.807) is 17.0 Å². The first-order valence-electron chi connectivity index (χ1n) is 8.37. The average molecular weight is 331 g/mol. The molecule has 1 atom stereocenters. The first kappa shape index (κ1) is 18.0. The lowest BCUT2D eigenvalue weighted by Crippen LogP contribution is -2.43. The summed E-state index contributed by atoms with van der Waals surface area (Å²) in [5.74, 6) is -0.263. The quantitative estimate of drug-likeness (QED) is 0.890. The Labute approximate surface area is 142 Å². The second kappa shape index (κ2) is 7.95. The molecule has 1 fully saturated rings. The van der Waals surface area contributed by atoms with Crippen molar-refractivity contribution < 1.29 is 14.4 Å². The van der Waals surface area contributed by atoms with E-state index in [2.05, 4.69) is 10.6 Å². The van der Waals surface area contributed by atoms with E-state index in [4.69, 9.17) is 0 Å². The molecule has 0 unspecified atom stereocenters. The van der Waals surface area contributed by atoms with Crippen LogP contribution in [0.5, 0.6) is 0 Å².